The van der Waals surface area contributed by atoms with Crippen molar-refractivity contribution in [1.29, 1.82) is 0 Å². The molecule has 108 valence electrons. The number of hydrogen-bond acceptors (Lipinski definition) is 4. The Morgan fingerprint density at radius 1 is 1.33 bits per heavy atom. The van der Waals surface area contributed by atoms with E-state index >= 15 is 0 Å². The molecule has 0 saturated carbocycles. The van der Waals surface area contributed by atoms with Crippen molar-refractivity contribution in [3.8, 4) is 0 Å². The highest BCUT2D eigenvalue weighted by molar-refractivity contribution is 7.07. The van der Waals surface area contributed by atoms with Crippen LogP contribution in [0.1, 0.15) is 28.6 Å². The zero-order chi connectivity index (χ0) is 14.7. The fraction of sp³-hybridized carbons (Fsp3) is 0.188. The summed E-state index contributed by atoms with van der Waals surface area (Å²) in [6, 6.07) is 11.1. The van der Waals surface area contributed by atoms with Gasteiger partial charge in [0.15, 0.2) is 5.76 Å². The number of amides is 1. The zero-order valence-electron chi connectivity index (χ0n) is 11.3. The minimum atomic E-state index is -0.549. The largest absolute Gasteiger partial charge is 0.451 e. The van der Waals surface area contributed by atoms with Gasteiger partial charge in [-0.3, -0.25) is 4.79 Å². The van der Waals surface area contributed by atoms with Crippen molar-refractivity contribution in [3.05, 3.63) is 58.5 Å². The molecule has 0 aliphatic heterocycles. The van der Waals surface area contributed by atoms with Gasteiger partial charge >= 0.3 is 0 Å². The van der Waals surface area contributed by atoms with Gasteiger partial charge in [0.2, 0.25) is 0 Å². The maximum atomic E-state index is 12.0. The summed E-state index contributed by atoms with van der Waals surface area (Å²) in [5.74, 6) is 0.0324. The van der Waals surface area contributed by atoms with E-state index in [1.807, 2.05) is 41.1 Å². The molecule has 0 spiro atoms. The smallest absolute Gasteiger partial charge is 0.287 e. The van der Waals surface area contributed by atoms with Crippen LogP contribution in [0.5, 0.6) is 0 Å². The highest BCUT2D eigenvalue weighted by atomic mass is 32.1. The normalized spacial score (nSPS) is 12.4. The Hall–Kier alpha value is -2.11. The average Bonchev–Trinajstić information content (AvgIpc) is 3.16. The van der Waals surface area contributed by atoms with Crippen LogP contribution in [0, 0.1) is 0 Å². The first-order valence-corrected chi connectivity index (χ1v) is 7.65. The van der Waals surface area contributed by atoms with E-state index in [0.717, 1.165) is 10.9 Å². The second kappa shape index (κ2) is 6.11. The third kappa shape index (κ3) is 3.15. The van der Waals surface area contributed by atoms with Crippen molar-refractivity contribution < 1.29 is 14.3 Å². The van der Waals surface area contributed by atoms with Gasteiger partial charge in [-0.15, -0.1) is 0 Å². The van der Waals surface area contributed by atoms with Crippen molar-refractivity contribution >= 4 is 28.2 Å². The van der Waals surface area contributed by atoms with E-state index in [-0.39, 0.29) is 5.91 Å². The van der Waals surface area contributed by atoms with Gasteiger partial charge in [0, 0.05) is 11.9 Å². The van der Waals surface area contributed by atoms with Crippen LogP contribution < -0.4 is 5.32 Å². The minimum absolute atomic E-state index is 0.260. The lowest BCUT2D eigenvalue weighted by molar-refractivity contribution is 0.0917. The lowest BCUT2D eigenvalue weighted by Gasteiger charge is -2.09. The van der Waals surface area contributed by atoms with E-state index < -0.39 is 6.10 Å². The number of hydrogen-bond donors (Lipinski definition) is 2. The van der Waals surface area contributed by atoms with Crippen molar-refractivity contribution in [2.45, 2.75) is 12.5 Å². The minimum Gasteiger partial charge on any atom is -0.451 e. The number of fused-ring (bicyclic) bond motifs is 1. The third-order valence-corrected chi connectivity index (χ3v) is 3.98. The van der Waals surface area contributed by atoms with E-state index in [1.165, 1.54) is 0 Å². The van der Waals surface area contributed by atoms with Crippen LogP contribution in [-0.4, -0.2) is 17.6 Å². The van der Waals surface area contributed by atoms with Gasteiger partial charge in [0.25, 0.3) is 5.91 Å². The predicted octanol–water partition coefficient (Wildman–Crippen LogP) is 3.35. The Bertz CT molecular complexity index is 700. The number of carbonyl (C=O) groups is 1. The van der Waals surface area contributed by atoms with Crippen LogP contribution in [0.3, 0.4) is 0 Å². The molecule has 2 N–H and O–H groups in total. The highest BCUT2D eigenvalue weighted by Gasteiger charge is 2.13. The fourth-order valence-corrected chi connectivity index (χ4v) is 2.84. The summed E-state index contributed by atoms with van der Waals surface area (Å²) in [4.78, 5) is 12.0. The zero-order valence-corrected chi connectivity index (χ0v) is 12.1. The molecule has 1 amide bonds. The number of benzene rings is 1. The molecule has 0 aliphatic rings. The first-order valence-electron chi connectivity index (χ1n) is 6.71. The fourth-order valence-electron chi connectivity index (χ4n) is 2.13. The van der Waals surface area contributed by atoms with Gasteiger partial charge in [0.1, 0.15) is 5.58 Å². The second-order valence-electron chi connectivity index (χ2n) is 4.77. The van der Waals surface area contributed by atoms with Crippen LogP contribution in [0.15, 0.2) is 51.6 Å². The molecule has 5 heteroatoms. The molecule has 1 aromatic carbocycles. The lowest BCUT2D eigenvalue weighted by Crippen LogP contribution is -2.25. The van der Waals surface area contributed by atoms with E-state index in [1.54, 1.807) is 17.4 Å². The number of rotatable bonds is 5. The number of thiophene rings is 1. The average molecular weight is 301 g/mol. The molecule has 0 fully saturated rings. The number of furan rings is 1. The number of aliphatic hydroxyl groups excluding tert-OH is 1. The molecule has 1 atom stereocenters. The Morgan fingerprint density at radius 2 is 2.19 bits per heavy atom. The van der Waals surface area contributed by atoms with Gasteiger partial charge in [0.05, 0.1) is 6.10 Å². The van der Waals surface area contributed by atoms with Gasteiger partial charge in [-0.05, 0) is 40.9 Å². The molecule has 21 heavy (non-hydrogen) atoms. The van der Waals surface area contributed by atoms with Crippen molar-refractivity contribution in [1.82, 2.24) is 5.32 Å². The second-order valence-corrected chi connectivity index (χ2v) is 5.55. The molecule has 2 aromatic heterocycles. The van der Waals surface area contributed by atoms with Gasteiger partial charge in [-0.2, -0.15) is 11.3 Å². The van der Waals surface area contributed by atoms with Crippen molar-refractivity contribution in [2.75, 3.05) is 6.54 Å². The number of aliphatic hydroxyl groups is 1. The summed E-state index contributed by atoms with van der Waals surface area (Å²) < 4.78 is 5.49. The van der Waals surface area contributed by atoms with Gasteiger partial charge in [-0.1, -0.05) is 18.2 Å². The van der Waals surface area contributed by atoms with E-state index in [4.69, 9.17) is 4.42 Å². The SMILES string of the molecule is O=C(NCC[C@H](O)c1ccsc1)c1cc2ccccc2o1. The molecule has 0 unspecified atom stereocenters. The standard InChI is InChI=1S/C16H15NO3S/c18-13(12-6-8-21-10-12)5-7-17-16(19)15-9-11-3-1-2-4-14(11)20-15/h1-4,6,8-10,13,18H,5,7H2,(H,17,19)/t13-/m0/s1. The van der Waals surface area contributed by atoms with Crippen LogP contribution >= 0.6 is 11.3 Å². The maximum absolute atomic E-state index is 12.0. The summed E-state index contributed by atoms with van der Waals surface area (Å²) in [5.41, 5.74) is 1.58. The van der Waals surface area contributed by atoms with Crippen LogP contribution in [-0.2, 0) is 0 Å². The third-order valence-electron chi connectivity index (χ3n) is 3.28. The summed E-state index contributed by atoms with van der Waals surface area (Å²) in [5, 5.41) is 17.4. The predicted molar refractivity (Wildman–Crippen MR) is 82.4 cm³/mol. The monoisotopic (exact) mass is 301 g/mol. The first-order chi connectivity index (χ1) is 10.2. The Morgan fingerprint density at radius 3 is 2.95 bits per heavy atom. The van der Waals surface area contributed by atoms with E-state index in [9.17, 15) is 9.90 Å². The Balaban J connectivity index is 1.56. The topological polar surface area (TPSA) is 62.5 Å². The molecule has 4 nitrogen and oxygen atoms in total. The summed E-state index contributed by atoms with van der Waals surface area (Å²) in [6.07, 6.45) is -0.0740. The van der Waals surface area contributed by atoms with Gasteiger partial charge < -0.3 is 14.8 Å². The number of nitrogens with one attached hydrogen (secondary N) is 1. The highest BCUT2D eigenvalue weighted by Crippen LogP contribution is 2.20. The molecule has 0 aliphatic carbocycles. The summed E-state index contributed by atoms with van der Waals surface area (Å²) in [6.45, 7) is 0.396. The number of carbonyl (C=O) groups excluding carboxylic acids is 1. The quantitative estimate of drug-likeness (QED) is 0.759. The molecule has 0 saturated heterocycles. The lowest BCUT2D eigenvalue weighted by atomic mass is 10.1. The van der Waals surface area contributed by atoms with Crippen LogP contribution in [0.25, 0.3) is 11.0 Å². The summed E-state index contributed by atoms with van der Waals surface area (Å²) in [7, 11) is 0. The molecule has 2 heterocycles. The summed E-state index contributed by atoms with van der Waals surface area (Å²) >= 11 is 1.54. The molecule has 3 aromatic rings. The molecular formula is C16H15NO3S. The van der Waals surface area contributed by atoms with E-state index in [0.29, 0.717) is 24.3 Å². The maximum Gasteiger partial charge on any atom is 0.287 e. The van der Waals surface area contributed by atoms with Crippen LogP contribution in [0.4, 0.5) is 0 Å². The van der Waals surface area contributed by atoms with E-state index in [2.05, 4.69) is 5.32 Å². The Labute approximate surface area is 126 Å². The van der Waals surface area contributed by atoms with Crippen molar-refractivity contribution in [3.63, 3.8) is 0 Å². The molecule has 3 rings (SSSR count). The first kappa shape index (κ1) is 13.9. The molecule has 0 bridgehead atoms. The Kier molecular flexibility index (Phi) is 4.03. The van der Waals surface area contributed by atoms with Crippen molar-refractivity contribution in [2.24, 2.45) is 0 Å². The molecular weight excluding hydrogens is 286 g/mol. The molecule has 0 radical (unpaired) electrons. The van der Waals surface area contributed by atoms with Gasteiger partial charge in [-0.25, -0.2) is 0 Å². The van der Waals surface area contributed by atoms with Crippen LogP contribution in [0.2, 0.25) is 0 Å². The number of para-hydroxylation sites is 1.